The fourth-order valence-electron chi connectivity index (χ4n) is 1.09. The van der Waals surface area contributed by atoms with Crippen LogP contribution >= 0.6 is 0 Å². The molecule has 2 rings (SSSR count). The monoisotopic (exact) mass is 164 g/mol. The summed E-state index contributed by atoms with van der Waals surface area (Å²) < 4.78 is 0. The molecule has 0 saturated carbocycles. The summed E-state index contributed by atoms with van der Waals surface area (Å²) in [5, 5.41) is 7.21. The van der Waals surface area contributed by atoms with Crippen LogP contribution in [0.15, 0.2) is 12.3 Å². The van der Waals surface area contributed by atoms with Crippen molar-refractivity contribution in [3.8, 4) is 0 Å². The van der Waals surface area contributed by atoms with Gasteiger partial charge < -0.3 is 11.2 Å². The molecular weight excluding hydrogens is 156 g/mol. The summed E-state index contributed by atoms with van der Waals surface area (Å²) in [7, 11) is 0. The minimum Gasteiger partial charge on any atom is -0.383 e. The van der Waals surface area contributed by atoms with Crippen LogP contribution < -0.4 is 17.0 Å². The fourth-order valence-corrected chi connectivity index (χ4v) is 1.09. The molecule has 6 nitrogen and oxygen atoms in total. The maximum Gasteiger partial charge on any atom is 0.185 e. The Balaban J connectivity index is 2.84. The zero-order chi connectivity index (χ0) is 8.55. The largest absolute Gasteiger partial charge is 0.383 e. The van der Waals surface area contributed by atoms with Crippen LogP contribution in [0.1, 0.15) is 0 Å². The van der Waals surface area contributed by atoms with Gasteiger partial charge in [0.05, 0.1) is 11.1 Å². The van der Waals surface area contributed by atoms with Gasteiger partial charge in [-0.05, 0) is 6.07 Å². The van der Waals surface area contributed by atoms with Crippen molar-refractivity contribution in [1.29, 1.82) is 0 Å². The van der Waals surface area contributed by atoms with E-state index in [0.717, 1.165) is 5.39 Å². The van der Waals surface area contributed by atoms with E-state index >= 15 is 0 Å². The third kappa shape index (κ3) is 0.785. The second-order valence-corrected chi connectivity index (χ2v) is 2.34. The van der Waals surface area contributed by atoms with Crippen molar-refractivity contribution in [2.45, 2.75) is 0 Å². The first-order valence-electron chi connectivity index (χ1n) is 3.38. The summed E-state index contributed by atoms with van der Waals surface area (Å²) in [5.41, 5.74) is 9.39. The van der Waals surface area contributed by atoms with Gasteiger partial charge in [-0.2, -0.15) is 5.10 Å². The van der Waals surface area contributed by atoms with Gasteiger partial charge in [-0.1, -0.05) is 0 Å². The number of hydrogen-bond acceptors (Lipinski definition) is 5. The first-order valence-corrected chi connectivity index (χ1v) is 3.38. The van der Waals surface area contributed by atoms with Crippen molar-refractivity contribution in [3.05, 3.63) is 12.3 Å². The quantitative estimate of drug-likeness (QED) is 0.346. The third-order valence-corrected chi connectivity index (χ3v) is 1.64. The summed E-state index contributed by atoms with van der Waals surface area (Å²) in [5.74, 6) is 5.73. The van der Waals surface area contributed by atoms with Crippen LogP contribution in [0, 0.1) is 0 Å². The number of fused-ring (bicyclic) bond motifs is 1. The number of hydrogen-bond donors (Lipinski definition) is 4. The van der Waals surface area contributed by atoms with E-state index in [0.29, 0.717) is 17.2 Å². The molecule has 2 aromatic heterocycles. The molecule has 0 aliphatic carbocycles. The molecular formula is C6H8N6. The average Bonchev–Trinajstić information content (AvgIpc) is 2.48. The summed E-state index contributed by atoms with van der Waals surface area (Å²) in [6.45, 7) is 0. The highest BCUT2D eigenvalue weighted by Crippen LogP contribution is 2.23. The van der Waals surface area contributed by atoms with Gasteiger partial charge in [0.15, 0.2) is 5.65 Å². The molecule has 62 valence electrons. The lowest BCUT2D eigenvalue weighted by atomic mass is 10.3. The molecule has 0 aromatic carbocycles. The van der Waals surface area contributed by atoms with E-state index in [1.165, 1.54) is 0 Å². The Morgan fingerprint density at radius 2 is 2.33 bits per heavy atom. The van der Waals surface area contributed by atoms with Crippen molar-refractivity contribution in [2.75, 3.05) is 11.2 Å². The van der Waals surface area contributed by atoms with Gasteiger partial charge in [-0.15, -0.1) is 0 Å². The molecule has 0 atom stereocenters. The van der Waals surface area contributed by atoms with E-state index in [1.807, 2.05) is 0 Å². The Morgan fingerprint density at radius 1 is 1.50 bits per heavy atom. The van der Waals surface area contributed by atoms with E-state index in [9.17, 15) is 0 Å². The van der Waals surface area contributed by atoms with Crippen LogP contribution in [0.3, 0.4) is 0 Å². The van der Waals surface area contributed by atoms with E-state index in [1.54, 1.807) is 12.3 Å². The van der Waals surface area contributed by atoms with Crippen LogP contribution in [0.4, 0.5) is 11.5 Å². The van der Waals surface area contributed by atoms with Gasteiger partial charge in [0.25, 0.3) is 0 Å². The maximum atomic E-state index is 5.60. The number of pyridine rings is 1. The summed E-state index contributed by atoms with van der Waals surface area (Å²) in [6, 6.07) is 1.73. The zero-order valence-corrected chi connectivity index (χ0v) is 6.20. The Labute approximate surface area is 67.9 Å². The predicted octanol–water partition coefficient (Wildman–Crippen LogP) is -0.174. The van der Waals surface area contributed by atoms with Crippen LogP contribution in [0.5, 0.6) is 0 Å². The van der Waals surface area contributed by atoms with Crippen molar-refractivity contribution in [2.24, 2.45) is 5.84 Å². The summed E-state index contributed by atoms with van der Waals surface area (Å²) >= 11 is 0. The highest BCUT2D eigenvalue weighted by molar-refractivity contribution is 5.96. The van der Waals surface area contributed by atoms with Crippen molar-refractivity contribution >= 4 is 22.5 Å². The zero-order valence-electron chi connectivity index (χ0n) is 6.20. The molecule has 0 radical (unpaired) electrons. The van der Waals surface area contributed by atoms with Crippen molar-refractivity contribution in [3.63, 3.8) is 0 Å². The Morgan fingerprint density at radius 3 is 3.08 bits per heavy atom. The molecule has 0 aliphatic rings. The second-order valence-electron chi connectivity index (χ2n) is 2.34. The van der Waals surface area contributed by atoms with Gasteiger partial charge in [-0.3, -0.25) is 10.9 Å². The number of nitrogens with one attached hydrogen (secondary N) is 2. The number of H-pyrrole nitrogens is 1. The molecule has 0 amide bonds. The first-order chi connectivity index (χ1) is 5.83. The smallest absolute Gasteiger partial charge is 0.185 e. The number of hydrazine groups is 1. The molecule has 12 heavy (non-hydrogen) atoms. The Bertz CT molecular complexity index is 405. The number of nitrogens with two attached hydrogens (primary N) is 2. The third-order valence-electron chi connectivity index (χ3n) is 1.64. The minimum absolute atomic E-state index is 0.464. The topological polar surface area (TPSA) is 106 Å². The van der Waals surface area contributed by atoms with Crippen LogP contribution in [-0.4, -0.2) is 15.2 Å². The molecule has 2 heterocycles. The average molecular weight is 164 g/mol. The summed E-state index contributed by atoms with van der Waals surface area (Å²) in [4.78, 5) is 3.99. The van der Waals surface area contributed by atoms with Gasteiger partial charge in [-0.25, -0.2) is 4.98 Å². The number of anilines is 2. The predicted molar refractivity (Wildman–Crippen MR) is 46.1 cm³/mol. The van der Waals surface area contributed by atoms with Gasteiger partial charge in [0, 0.05) is 6.20 Å². The Kier molecular flexibility index (Phi) is 1.34. The molecule has 0 bridgehead atoms. The van der Waals surface area contributed by atoms with Gasteiger partial charge >= 0.3 is 0 Å². The molecule has 0 aliphatic heterocycles. The molecule has 0 fully saturated rings. The summed E-state index contributed by atoms with van der Waals surface area (Å²) in [6.07, 6.45) is 1.61. The fraction of sp³-hybridized carbons (Fsp3) is 0. The van der Waals surface area contributed by atoms with E-state index in [2.05, 4.69) is 20.6 Å². The number of nitrogens with zero attached hydrogens (tertiary/aromatic N) is 2. The standard InChI is InChI=1S/C6H8N6/c7-5-4-3(10-8)1-2-9-6(4)12-11-5/h1-2H,8H2,(H4,7,9,10,11,12). The molecule has 0 spiro atoms. The number of nitrogen functional groups attached to an aromatic ring is 2. The molecule has 0 saturated heterocycles. The van der Waals surface area contributed by atoms with Crippen LogP contribution in [-0.2, 0) is 0 Å². The van der Waals surface area contributed by atoms with Crippen molar-refractivity contribution < 1.29 is 0 Å². The van der Waals surface area contributed by atoms with Crippen LogP contribution in [0.25, 0.3) is 11.0 Å². The molecule has 6 N–H and O–H groups in total. The van der Waals surface area contributed by atoms with E-state index < -0.39 is 0 Å². The van der Waals surface area contributed by atoms with Crippen LogP contribution in [0.2, 0.25) is 0 Å². The molecule has 2 aromatic rings. The SMILES string of the molecule is NNc1ccnc2n[nH]c(N)c12. The minimum atomic E-state index is 0.464. The highest BCUT2D eigenvalue weighted by Gasteiger charge is 2.06. The lowest BCUT2D eigenvalue weighted by Gasteiger charge is -1.99. The second kappa shape index (κ2) is 2.35. The lowest BCUT2D eigenvalue weighted by Crippen LogP contribution is -2.07. The molecule has 0 unspecified atom stereocenters. The number of aromatic amines is 1. The Hall–Kier alpha value is -1.82. The van der Waals surface area contributed by atoms with Crippen molar-refractivity contribution in [1.82, 2.24) is 15.2 Å². The van der Waals surface area contributed by atoms with Gasteiger partial charge in [0.1, 0.15) is 5.82 Å². The number of aromatic nitrogens is 3. The normalized spacial score (nSPS) is 10.4. The molecule has 6 heteroatoms. The van der Waals surface area contributed by atoms with E-state index in [4.69, 9.17) is 11.6 Å². The van der Waals surface area contributed by atoms with E-state index in [-0.39, 0.29) is 0 Å². The lowest BCUT2D eigenvalue weighted by molar-refractivity contribution is 1.10. The first kappa shape index (κ1) is 6.86. The highest BCUT2D eigenvalue weighted by atomic mass is 15.2. The van der Waals surface area contributed by atoms with Gasteiger partial charge in [0.2, 0.25) is 0 Å². The maximum absolute atomic E-state index is 5.60. The number of rotatable bonds is 1.